The fourth-order valence-corrected chi connectivity index (χ4v) is 5.48. The van der Waals surface area contributed by atoms with Crippen LogP contribution in [0.2, 0.25) is 0 Å². The topological polar surface area (TPSA) is 66.8 Å². The van der Waals surface area contributed by atoms with Crippen LogP contribution in [0.3, 0.4) is 0 Å². The van der Waals surface area contributed by atoms with Crippen molar-refractivity contribution in [3.05, 3.63) is 59.7 Å². The summed E-state index contributed by atoms with van der Waals surface area (Å²) in [7, 11) is -3.93. The molecule has 2 aromatic carbocycles. The molecule has 2 heterocycles. The van der Waals surface area contributed by atoms with Gasteiger partial charge in [-0.3, -0.25) is 0 Å². The zero-order valence-electron chi connectivity index (χ0n) is 14.1. The van der Waals surface area contributed by atoms with Crippen LogP contribution < -0.4 is 4.74 Å². The Morgan fingerprint density at radius 1 is 1.19 bits per heavy atom. The molecule has 2 aliphatic heterocycles. The van der Waals surface area contributed by atoms with Gasteiger partial charge in [0.1, 0.15) is 10.6 Å². The van der Waals surface area contributed by atoms with Crippen molar-refractivity contribution < 1.29 is 22.7 Å². The number of sulfonamides is 1. The number of ether oxygens (including phenoxy) is 1. The maximum atomic E-state index is 15.4. The van der Waals surface area contributed by atoms with Crippen molar-refractivity contribution >= 4 is 10.0 Å². The van der Waals surface area contributed by atoms with E-state index in [0.29, 0.717) is 24.3 Å². The van der Waals surface area contributed by atoms with Gasteiger partial charge in [0, 0.05) is 18.9 Å². The minimum Gasteiger partial charge on any atom is -0.492 e. The minimum absolute atomic E-state index is 0.0208. The van der Waals surface area contributed by atoms with Gasteiger partial charge in [0.05, 0.1) is 19.8 Å². The van der Waals surface area contributed by atoms with Gasteiger partial charge < -0.3 is 9.84 Å². The van der Waals surface area contributed by atoms with Crippen molar-refractivity contribution in [3.63, 3.8) is 0 Å². The van der Waals surface area contributed by atoms with E-state index >= 15 is 4.39 Å². The molecular weight excluding hydrogens is 357 g/mol. The number of alkyl halides is 1. The summed E-state index contributed by atoms with van der Waals surface area (Å²) in [5.41, 5.74) is -0.498. The lowest BCUT2D eigenvalue weighted by atomic mass is 9.87. The van der Waals surface area contributed by atoms with Crippen molar-refractivity contribution in [3.8, 4) is 5.75 Å². The SMILES string of the molecule is O=S(=O)(c1cccc2c1OCC2)N1CC(c2ccccc2)C(F)(CO)C1. The molecule has 1 saturated heterocycles. The third-order valence-corrected chi connectivity index (χ3v) is 7.05. The molecule has 1 fully saturated rings. The maximum absolute atomic E-state index is 15.4. The van der Waals surface area contributed by atoms with Crippen LogP contribution in [-0.2, 0) is 16.4 Å². The third-order valence-electron chi connectivity index (χ3n) is 5.21. The Morgan fingerprint density at radius 2 is 1.96 bits per heavy atom. The van der Waals surface area contributed by atoms with Gasteiger partial charge in [-0.15, -0.1) is 0 Å². The molecular formula is C19H20FNO4S. The van der Waals surface area contributed by atoms with Gasteiger partial charge in [-0.1, -0.05) is 42.5 Å². The number of rotatable bonds is 4. The summed E-state index contributed by atoms with van der Waals surface area (Å²) in [4.78, 5) is 0.0708. The van der Waals surface area contributed by atoms with E-state index in [1.807, 2.05) is 12.1 Å². The van der Waals surface area contributed by atoms with Gasteiger partial charge in [0.2, 0.25) is 10.0 Å². The first kappa shape index (κ1) is 17.5. The van der Waals surface area contributed by atoms with Gasteiger partial charge in [0.25, 0.3) is 0 Å². The molecule has 2 atom stereocenters. The molecule has 2 aliphatic rings. The lowest BCUT2D eigenvalue weighted by Gasteiger charge is -2.24. The number of aliphatic hydroxyl groups excluding tert-OH is 1. The second-order valence-electron chi connectivity index (χ2n) is 6.80. The highest BCUT2D eigenvalue weighted by Gasteiger charge is 2.51. The van der Waals surface area contributed by atoms with Gasteiger partial charge in [0.15, 0.2) is 5.67 Å². The van der Waals surface area contributed by atoms with Crippen molar-refractivity contribution in [1.29, 1.82) is 0 Å². The average Bonchev–Trinajstić information content (AvgIpc) is 3.27. The molecule has 7 heteroatoms. The van der Waals surface area contributed by atoms with E-state index in [2.05, 4.69) is 0 Å². The van der Waals surface area contributed by atoms with E-state index in [4.69, 9.17) is 4.74 Å². The first-order valence-electron chi connectivity index (χ1n) is 8.55. The first-order valence-corrected chi connectivity index (χ1v) is 9.99. The Labute approximate surface area is 152 Å². The number of halogens is 1. The van der Waals surface area contributed by atoms with Crippen molar-refractivity contribution in [1.82, 2.24) is 4.31 Å². The van der Waals surface area contributed by atoms with Gasteiger partial charge in [-0.2, -0.15) is 4.31 Å². The molecule has 0 spiro atoms. The van der Waals surface area contributed by atoms with Crippen LogP contribution in [0.1, 0.15) is 17.0 Å². The molecule has 0 amide bonds. The molecule has 1 N–H and O–H groups in total. The maximum Gasteiger partial charge on any atom is 0.246 e. The minimum atomic E-state index is -3.93. The lowest BCUT2D eigenvalue weighted by molar-refractivity contribution is 0.0702. The first-order chi connectivity index (χ1) is 12.5. The van der Waals surface area contributed by atoms with Crippen LogP contribution >= 0.6 is 0 Å². The standard InChI is InChI=1S/C19H20FNO4S/c20-19(13-22)12-21(11-16(19)14-5-2-1-3-6-14)26(23,24)17-8-4-7-15-9-10-25-18(15)17/h1-8,16,22H,9-13H2. The number of aliphatic hydroxyl groups is 1. The van der Waals surface area contributed by atoms with Crippen LogP contribution in [0.4, 0.5) is 4.39 Å². The number of hydrogen-bond acceptors (Lipinski definition) is 4. The highest BCUT2D eigenvalue weighted by atomic mass is 32.2. The number of para-hydroxylation sites is 1. The molecule has 0 aromatic heterocycles. The number of benzene rings is 2. The van der Waals surface area contributed by atoms with Gasteiger partial charge in [-0.25, -0.2) is 12.8 Å². The molecule has 2 aromatic rings. The van der Waals surface area contributed by atoms with Gasteiger partial charge in [-0.05, 0) is 17.2 Å². The molecule has 138 valence electrons. The number of fused-ring (bicyclic) bond motifs is 1. The zero-order chi connectivity index (χ0) is 18.4. The fourth-order valence-electron chi connectivity index (χ4n) is 3.80. The third kappa shape index (κ3) is 2.71. The molecule has 4 rings (SSSR count). The Balaban J connectivity index is 1.72. The molecule has 2 unspecified atom stereocenters. The molecule has 0 aliphatic carbocycles. The smallest absolute Gasteiger partial charge is 0.246 e. The van der Waals surface area contributed by atoms with E-state index in [-0.39, 0.29) is 18.0 Å². The monoisotopic (exact) mass is 377 g/mol. The van der Waals surface area contributed by atoms with Crippen LogP contribution in [0.5, 0.6) is 5.75 Å². The van der Waals surface area contributed by atoms with Gasteiger partial charge >= 0.3 is 0 Å². The van der Waals surface area contributed by atoms with E-state index < -0.39 is 28.2 Å². The second-order valence-corrected chi connectivity index (χ2v) is 8.70. The Kier molecular flexibility index (Phi) is 4.25. The number of nitrogens with zero attached hydrogens (tertiary/aromatic N) is 1. The van der Waals surface area contributed by atoms with Crippen LogP contribution in [0.25, 0.3) is 0 Å². The molecule has 0 bridgehead atoms. The molecule has 0 saturated carbocycles. The van der Waals surface area contributed by atoms with Crippen molar-refractivity contribution in [2.75, 3.05) is 26.3 Å². The quantitative estimate of drug-likeness (QED) is 0.886. The zero-order valence-corrected chi connectivity index (χ0v) is 15.0. The van der Waals surface area contributed by atoms with E-state index in [1.54, 1.807) is 30.3 Å². The summed E-state index contributed by atoms with van der Waals surface area (Å²) in [6.45, 7) is -0.692. The van der Waals surface area contributed by atoms with E-state index in [9.17, 15) is 13.5 Å². The van der Waals surface area contributed by atoms with Crippen LogP contribution in [0.15, 0.2) is 53.4 Å². The largest absolute Gasteiger partial charge is 0.492 e. The molecule has 5 nitrogen and oxygen atoms in total. The Morgan fingerprint density at radius 3 is 2.69 bits per heavy atom. The normalized spacial score (nSPS) is 25.8. The highest BCUT2D eigenvalue weighted by Crippen LogP contribution is 2.43. The van der Waals surface area contributed by atoms with Crippen LogP contribution in [-0.4, -0.2) is 49.8 Å². The molecule has 0 radical (unpaired) electrons. The number of hydrogen-bond donors (Lipinski definition) is 1. The molecule has 26 heavy (non-hydrogen) atoms. The summed E-state index contributed by atoms with van der Waals surface area (Å²) in [5, 5.41) is 9.64. The Hall–Kier alpha value is -1.96. The summed E-state index contributed by atoms with van der Waals surface area (Å²) in [6.07, 6.45) is 0.662. The second kappa shape index (κ2) is 6.33. The van der Waals surface area contributed by atoms with Crippen LogP contribution in [0, 0.1) is 0 Å². The van der Waals surface area contributed by atoms with E-state index in [0.717, 1.165) is 9.87 Å². The lowest BCUT2D eigenvalue weighted by Crippen LogP contribution is -2.37. The predicted molar refractivity (Wildman–Crippen MR) is 94.5 cm³/mol. The average molecular weight is 377 g/mol. The van der Waals surface area contributed by atoms with Crippen molar-refractivity contribution in [2.24, 2.45) is 0 Å². The summed E-state index contributed by atoms with van der Waals surface area (Å²) in [6, 6.07) is 13.9. The fraction of sp³-hybridized carbons (Fsp3) is 0.368. The predicted octanol–water partition coefficient (Wildman–Crippen LogP) is 2.11. The summed E-state index contributed by atoms with van der Waals surface area (Å²) >= 11 is 0. The van der Waals surface area contributed by atoms with Crippen molar-refractivity contribution in [2.45, 2.75) is 22.9 Å². The highest BCUT2D eigenvalue weighted by molar-refractivity contribution is 7.89. The summed E-state index contributed by atoms with van der Waals surface area (Å²) in [5.74, 6) is -0.356. The van der Waals surface area contributed by atoms with E-state index in [1.165, 1.54) is 6.07 Å². The Bertz CT molecular complexity index is 918. The summed E-state index contributed by atoms with van der Waals surface area (Å²) < 4.78 is 48.4.